The lowest BCUT2D eigenvalue weighted by Crippen LogP contribution is -2.47. The zero-order chi connectivity index (χ0) is 22.2. The largest absolute Gasteiger partial charge is 0.481 e. The van der Waals surface area contributed by atoms with Crippen LogP contribution in [0.1, 0.15) is 36.8 Å². The summed E-state index contributed by atoms with van der Waals surface area (Å²) in [5.41, 5.74) is 7.73. The Hall–Kier alpha value is -3.68. The van der Waals surface area contributed by atoms with Crippen molar-refractivity contribution in [3.8, 4) is 17.1 Å². The van der Waals surface area contributed by atoms with Gasteiger partial charge in [-0.05, 0) is 44.4 Å². The molecule has 0 aliphatic heterocycles. The van der Waals surface area contributed by atoms with E-state index in [2.05, 4.69) is 21.0 Å². The standard InChI is InChI=1S/C23H26N4O4/c1-15-9-7-12-19(16(15)2)30-17(3)23(29)26-25-20(28)13-8-14-21-24-22(27-31-21)18-10-5-4-6-11-18/h4-7,9-12,17H,8,13-14H2,1-3H3,(H,25,28)(H,26,29). The third kappa shape index (κ3) is 6.15. The molecule has 2 N–H and O–H groups in total. The number of aromatic nitrogens is 2. The van der Waals surface area contributed by atoms with Gasteiger partial charge in [0, 0.05) is 18.4 Å². The molecule has 1 heterocycles. The SMILES string of the molecule is Cc1cccc(OC(C)C(=O)NNC(=O)CCCc2nc(-c3ccccc3)no2)c1C. The van der Waals surface area contributed by atoms with E-state index in [1.165, 1.54) is 0 Å². The molecule has 1 atom stereocenters. The molecule has 1 unspecified atom stereocenters. The molecule has 0 saturated heterocycles. The van der Waals surface area contributed by atoms with Crippen molar-refractivity contribution in [3.05, 3.63) is 65.5 Å². The van der Waals surface area contributed by atoms with Crippen LogP contribution in [0.5, 0.6) is 5.75 Å². The van der Waals surface area contributed by atoms with Crippen molar-refractivity contribution < 1.29 is 18.8 Å². The summed E-state index contributed by atoms with van der Waals surface area (Å²) < 4.78 is 10.9. The van der Waals surface area contributed by atoms with E-state index in [-0.39, 0.29) is 12.3 Å². The Kier molecular flexibility index (Phi) is 7.37. The van der Waals surface area contributed by atoms with Gasteiger partial charge in [0.2, 0.25) is 17.6 Å². The van der Waals surface area contributed by atoms with Crippen LogP contribution in [0.15, 0.2) is 53.1 Å². The molecule has 0 aliphatic carbocycles. The van der Waals surface area contributed by atoms with Crippen molar-refractivity contribution in [1.29, 1.82) is 0 Å². The van der Waals surface area contributed by atoms with Crippen molar-refractivity contribution in [1.82, 2.24) is 21.0 Å². The van der Waals surface area contributed by atoms with E-state index in [9.17, 15) is 9.59 Å². The monoisotopic (exact) mass is 422 g/mol. The molecule has 8 nitrogen and oxygen atoms in total. The van der Waals surface area contributed by atoms with Gasteiger partial charge in [-0.1, -0.05) is 47.6 Å². The molecule has 3 rings (SSSR count). The summed E-state index contributed by atoms with van der Waals surface area (Å²) in [5, 5.41) is 3.95. The van der Waals surface area contributed by atoms with Crippen LogP contribution >= 0.6 is 0 Å². The van der Waals surface area contributed by atoms with Gasteiger partial charge in [0.25, 0.3) is 5.91 Å². The molecule has 1 aromatic heterocycles. The highest BCUT2D eigenvalue weighted by atomic mass is 16.5. The van der Waals surface area contributed by atoms with Gasteiger partial charge in [-0.15, -0.1) is 0 Å². The number of ether oxygens (including phenoxy) is 1. The summed E-state index contributed by atoms with van der Waals surface area (Å²) >= 11 is 0. The lowest BCUT2D eigenvalue weighted by Gasteiger charge is -2.17. The smallest absolute Gasteiger partial charge is 0.279 e. The molecule has 31 heavy (non-hydrogen) atoms. The molecule has 162 valence electrons. The van der Waals surface area contributed by atoms with Crippen molar-refractivity contribution in [2.45, 2.75) is 46.1 Å². The van der Waals surface area contributed by atoms with Crippen LogP contribution in [-0.2, 0) is 16.0 Å². The van der Waals surface area contributed by atoms with Gasteiger partial charge in [0.05, 0.1) is 0 Å². The number of hydrazine groups is 1. The summed E-state index contributed by atoms with van der Waals surface area (Å²) in [7, 11) is 0. The van der Waals surface area contributed by atoms with Crippen LogP contribution in [-0.4, -0.2) is 28.1 Å². The molecule has 0 bridgehead atoms. The number of amides is 2. The number of carbonyl (C=O) groups is 2. The minimum Gasteiger partial charge on any atom is -0.481 e. The molecule has 2 amide bonds. The van der Waals surface area contributed by atoms with Crippen molar-refractivity contribution in [2.24, 2.45) is 0 Å². The van der Waals surface area contributed by atoms with Gasteiger partial charge in [-0.25, -0.2) is 0 Å². The second-order valence-corrected chi connectivity index (χ2v) is 7.23. The molecular formula is C23H26N4O4. The molecule has 3 aromatic rings. The average Bonchev–Trinajstić information content (AvgIpc) is 3.25. The van der Waals surface area contributed by atoms with Crippen LogP contribution in [0.2, 0.25) is 0 Å². The molecule has 0 spiro atoms. The Balaban J connectivity index is 1.38. The highest BCUT2D eigenvalue weighted by Crippen LogP contribution is 2.21. The molecule has 0 radical (unpaired) electrons. The van der Waals surface area contributed by atoms with E-state index in [1.54, 1.807) is 6.92 Å². The van der Waals surface area contributed by atoms with E-state index in [0.717, 1.165) is 16.7 Å². The Morgan fingerprint density at radius 1 is 1.06 bits per heavy atom. The van der Waals surface area contributed by atoms with Crippen LogP contribution in [0, 0.1) is 13.8 Å². The fourth-order valence-electron chi connectivity index (χ4n) is 2.85. The van der Waals surface area contributed by atoms with Gasteiger partial charge in [-0.3, -0.25) is 20.4 Å². The zero-order valence-electron chi connectivity index (χ0n) is 17.8. The molecule has 8 heteroatoms. The van der Waals surface area contributed by atoms with Gasteiger partial charge < -0.3 is 9.26 Å². The van der Waals surface area contributed by atoms with Gasteiger partial charge in [-0.2, -0.15) is 4.98 Å². The Labute approximate surface area is 181 Å². The average molecular weight is 422 g/mol. The maximum atomic E-state index is 12.2. The highest BCUT2D eigenvalue weighted by molar-refractivity contribution is 5.84. The lowest BCUT2D eigenvalue weighted by atomic mass is 10.1. The molecule has 0 saturated carbocycles. The molecule has 0 aliphatic rings. The maximum absolute atomic E-state index is 12.2. The predicted octanol–water partition coefficient (Wildman–Crippen LogP) is 3.29. The molecule has 0 fully saturated rings. The van der Waals surface area contributed by atoms with E-state index in [0.29, 0.717) is 30.3 Å². The summed E-state index contributed by atoms with van der Waals surface area (Å²) in [4.78, 5) is 28.5. The second-order valence-electron chi connectivity index (χ2n) is 7.23. The Morgan fingerprint density at radius 3 is 2.61 bits per heavy atom. The van der Waals surface area contributed by atoms with E-state index >= 15 is 0 Å². The normalized spacial score (nSPS) is 11.6. The number of nitrogens with zero attached hydrogens (tertiary/aromatic N) is 2. The lowest BCUT2D eigenvalue weighted by molar-refractivity contribution is -0.132. The third-order valence-corrected chi connectivity index (χ3v) is 4.85. The summed E-state index contributed by atoms with van der Waals surface area (Å²) in [5.74, 6) is 0.883. The number of benzene rings is 2. The fraction of sp³-hybridized carbons (Fsp3) is 0.304. The van der Waals surface area contributed by atoms with Gasteiger partial charge in [0.15, 0.2) is 6.10 Å². The number of carbonyl (C=O) groups excluding carboxylic acids is 2. The van der Waals surface area contributed by atoms with Crippen molar-refractivity contribution in [3.63, 3.8) is 0 Å². The maximum Gasteiger partial charge on any atom is 0.279 e. The number of nitrogens with one attached hydrogen (secondary N) is 2. The second kappa shape index (κ2) is 10.4. The topological polar surface area (TPSA) is 106 Å². The van der Waals surface area contributed by atoms with E-state index in [4.69, 9.17) is 9.26 Å². The summed E-state index contributed by atoms with van der Waals surface area (Å²) in [6.45, 7) is 5.54. The first kappa shape index (κ1) is 22.0. The van der Waals surface area contributed by atoms with E-state index in [1.807, 2.05) is 62.4 Å². The fourth-order valence-corrected chi connectivity index (χ4v) is 2.85. The number of rotatable bonds is 8. The summed E-state index contributed by atoms with van der Waals surface area (Å²) in [6.07, 6.45) is 0.422. The molecular weight excluding hydrogens is 396 g/mol. The Morgan fingerprint density at radius 2 is 1.84 bits per heavy atom. The minimum absolute atomic E-state index is 0.204. The highest BCUT2D eigenvalue weighted by Gasteiger charge is 2.17. The molecule has 2 aromatic carbocycles. The minimum atomic E-state index is -0.754. The number of hydrogen-bond donors (Lipinski definition) is 2. The predicted molar refractivity (Wildman–Crippen MR) is 115 cm³/mol. The van der Waals surface area contributed by atoms with Crippen LogP contribution in [0.3, 0.4) is 0 Å². The Bertz CT molecular complexity index is 1030. The van der Waals surface area contributed by atoms with Crippen LogP contribution < -0.4 is 15.6 Å². The zero-order valence-corrected chi connectivity index (χ0v) is 17.8. The summed E-state index contributed by atoms with van der Waals surface area (Å²) in [6, 6.07) is 15.2. The first-order chi connectivity index (χ1) is 14.9. The third-order valence-electron chi connectivity index (χ3n) is 4.85. The first-order valence-electron chi connectivity index (χ1n) is 10.1. The van der Waals surface area contributed by atoms with Crippen LogP contribution in [0.4, 0.5) is 0 Å². The quantitative estimate of drug-likeness (QED) is 0.540. The first-order valence-corrected chi connectivity index (χ1v) is 10.1. The van der Waals surface area contributed by atoms with Crippen molar-refractivity contribution >= 4 is 11.8 Å². The van der Waals surface area contributed by atoms with E-state index < -0.39 is 12.0 Å². The van der Waals surface area contributed by atoms with Gasteiger partial charge in [0.1, 0.15) is 5.75 Å². The van der Waals surface area contributed by atoms with Crippen molar-refractivity contribution in [2.75, 3.05) is 0 Å². The van der Waals surface area contributed by atoms with Crippen LogP contribution in [0.25, 0.3) is 11.4 Å². The number of aryl methyl sites for hydroxylation is 2. The van der Waals surface area contributed by atoms with Gasteiger partial charge >= 0.3 is 0 Å². The number of hydrogen-bond acceptors (Lipinski definition) is 6.